The Labute approximate surface area is 204 Å². The number of nitrogens with one attached hydrogen (secondary N) is 1. The summed E-state index contributed by atoms with van der Waals surface area (Å²) in [6.07, 6.45) is 1.40. The molecule has 0 atom stereocenters. The number of anilines is 1. The summed E-state index contributed by atoms with van der Waals surface area (Å²) >= 11 is 9.54. The van der Waals surface area contributed by atoms with Crippen molar-refractivity contribution >= 4 is 51.2 Å². The van der Waals surface area contributed by atoms with E-state index in [9.17, 15) is 14.9 Å². The first-order valence-electron chi connectivity index (χ1n) is 9.67. The van der Waals surface area contributed by atoms with Gasteiger partial charge in [-0.3, -0.25) is 4.79 Å². The SMILES string of the molecule is COc1cc(/C=C(\C#N)C(=O)Nc2c(C)cccc2Cl)cc(Br)c1OC(=O)c1ccccc1. The minimum Gasteiger partial charge on any atom is -0.493 e. The Morgan fingerprint density at radius 2 is 1.85 bits per heavy atom. The highest BCUT2D eigenvalue weighted by atomic mass is 79.9. The van der Waals surface area contributed by atoms with Crippen LogP contribution in [0, 0.1) is 18.3 Å². The number of benzene rings is 3. The van der Waals surface area contributed by atoms with Gasteiger partial charge in [0.05, 0.1) is 27.9 Å². The van der Waals surface area contributed by atoms with Crippen LogP contribution >= 0.6 is 27.5 Å². The number of para-hydroxylation sites is 1. The third kappa shape index (κ3) is 5.80. The van der Waals surface area contributed by atoms with E-state index in [0.29, 0.717) is 26.3 Å². The second-order valence-electron chi connectivity index (χ2n) is 6.85. The van der Waals surface area contributed by atoms with Gasteiger partial charge < -0.3 is 14.8 Å². The molecule has 0 bridgehead atoms. The van der Waals surface area contributed by atoms with Gasteiger partial charge in [0.2, 0.25) is 0 Å². The van der Waals surface area contributed by atoms with Crippen molar-refractivity contribution in [3.05, 3.63) is 92.4 Å². The number of hydrogen-bond acceptors (Lipinski definition) is 5. The molecule has 0 unspecified atom stereocenters. The molecule has 0 radical (unpaired) electrons. The van der Waals surface area contributed by atoms with Crippen molar-refractivity contribution in [2.24, 2.45) is 0 Å². The Bertz CT molecular complexity index is 1260. The van der Waals surface area contributed by atoms with Crippen LogP contribution in [0.1, 0.15) is 21.5 Å². The first kappa shape index (κ1) is 24.1. The third-order valence-electron chi connectivity index (χ3n) is 4.59. The average Bonchev–Trinajstić information content (AvgIpc) is 2.81. The highest BCUT2D eigenvalue weighted by Gasteiger charge is 2.18. The average molecular weight is 526 g/mol. The van der Waals surface area contributed by atoms with Gasteiger partial charge in [0, 0.05) is 0 Å². The Morgan fingerprint density at radius 1 is 1.12 bits per heavy atom. The second-order valence-corrected chi connectivity index (χ2v) is 8.11. The predicted molar refractivity (Wildman–Crippen MR) is 131 cm³/mol. The highest BCUT2D eigenvalue weighted by molar-refractivity contribution is 9.10. The lowest BCUT2D eigenvalue weighted by Crippen LogP contribution is -2.14. The maximum Gasteiger partial charge on any atom is 0.343 e. The Hall–Kier alpha value is -3.60. The van der Waals surface area contributed by atoms with Gasteiger partial charge in [-0.2, -0.15) is 5.26 Å². The van der Waals surface area contributed by atoms with Crippen LogP contribution in [0.3, 0.4) is 0 Å². The monoisotopic (exact) mass is 524 g/mol. The van der Waals surface area contributed by atoms with Crippen LogP contribution in [0.25, 0.3) is 6.08 Å². The quantitative estimate of drug-likeness (QED) is 0.180. The molecule has 166 valence electrons. The Morgan fingerprint density at radius 3 is 2.48 bits per heavy atom. The van der Waals surface area contributed by atoms with E-state index in [1.165, 1.54) is 13.2 Å². The van der Waals surface area contributed by atoms with Crippen molar-refractivity contribution in [1.82, 2.24) is 0 Å². The smallest absolute Gasteiger partial charge is 0.343 e. The van der Waals surface area contributed by atoms with E-state index in [1.54, 1.807) is 67.6 Å². The number of carbonyl (C=O) groups excluding carboxylic acids is 2. The molecule has 1 amide bonds. The molecule has 0 spiro atoms. The molecule has 33 heavy (non-hydrogen) atoms. The molecule has 0 saturated carbocycles. The Balaban J connectivity index is 1.89. The first-order valence-corrected chi connectivity index (χ1v) is 10.8. The number of amides is 1. The molecule has 1 N–H and O–H groups in total. The number of esters is 1. The molecular formula is C25H18BrClN2O4. The van der Waals surface area contributed by atoms with Crippen LogP contribution < -0.4 is 14.8 Å². The largest absolute Gasteiger partial charge is 0.493 e. The maximum absolute atomic E-state index is 12.7. The number of hydrogen-bond donors (Lipinski definition) is 1. The van der Waals surface area contributed by atoms with Crippen molar-refractivity contribution in [2.45, 2.75) is 6.92 Å². The third-order valence-corrected chi connectivity index (χ3v) is 5.50. The van der Waals surface area contributed by atoms with Crippen LogP contribution in [0.15, 0.2) is 70.7 Å². The molecule has 0 heterocycles. The fraction of sp³-hybridized carbons (Fsp3) is 0.0800. The van der Waals surface area contributed by atoms with Crippen molar-refractivity contribution in [1.29, 1.82) is 5.26 Å². The molecule has 8 heteroatoms. The van der Waals surface area contributed by atoms with E-state index < -0.39 is 11.9 Å². The zero-order chi connectivity index (χ0) is 24.0. The van der Waals surface area contributed by atoms with Gasteiger partial charge in [0.25, 0.3) is 5.91 Å². The zero-order valence-corrected chi connectivity index (χ0v) is 20.0. The molecule has 3 aromatic carbocycles. The van der Waals surface area contributed by atoms with E-state index in [-0.39, 0.29) is 17.1 Å². The van der Waals surface area contributed by atoms with E-state index >= 15 is 0 Å². The van der Waals surface area contributed by atoms with E-state index in [4.69, 9.17) is 21.1 Å². The number of halogens is 2. The lowest BCUT2D eigenvalue weighted by atomic mass is 10.1. The standard InChI is InChI=1S/C25H18BrClN2O4/c1-15-7-6-10-20(27)22(15)29-24(30)18(14-28)11-16-12-19(26)23(21(13-16)32-2)33-25(31)17-8-4-3-5-9-17/h3-13H,1-2H3,(H,29,30)/b18-11+. The normalized spacial score (nSPS) is 10.8. The summed E-state index contributed by atoms with van der Waals surface area (Å²) in [5.41, 5.74) is 1.93. The summed E-state index contributed by atoms with van der Waals surface area (Å²) in [5.74, 6) is -0.730. The van der Waals surface area contributed by atoms with E-state index in [2.05, 4.69) is 21.2 Å². The molecule has 3 aromatic rings. The van der Waals surface area contributed by atoms with Gasteiger partial charge in [-0.25, -0.2) is 4.79 Å². The lowest BCUT2D eigenvalue weighted by Gasteiger charge is -2.13. The number of methoxy groups -OCH3 is 1. The number of nitrogens with zero attached hydrogens (tertiary/aromatic N) is 1. The van der Waals surface area contributed by atoms with Gasteiger partial charge >= 0.3 is 5.97 Å². The van der Waals surface area contributed by atoms with Crippen molar-refractivity contribution < 1.29 is 19.1 Å². The Kier molecular flexibility index (Phi) is 7.88. The number of rotatable bonds is 6. The summed E-state index contributed by atoms with van der Waals surface area (Å²) in [7, 11) is 1.42. The summed E-state index contributed by atoms with van der Waals surface area (Å²) in [4.78, 5) is 25.1. The lowest BCUT2D eigenvalue weighted by molar-refractivity contribution is -0.112. The summed E-state index contributed by atoms with van der Waals surface area (Å²) < 4.78 is 11.3. The van der Waals surface area contributed by atoms with Crippen LogP contribution in [0.4, 0.5) is 5.69 Å². The second kappa shape index (κ2) is 10.8. The fourth-order valence-electron chi connectivity index (χ4n) is 2.93. The predicted octanol–water partition coefficient (Wildman–Crippen LogP) is 6.18. The van der Waals surface area contributed by atoms with Crippen LogP contribution in [0.2, 0.25) is 5.02 Å². The van der Waals surface area contributed by atoms with Crippen LogP contribution in [-0.2, 0) is 4.79 Å². The zero-order valence-electron chi connectivity index (χ0n) is 17.7. The minimum atomic E-state index is -0.608. The summed E-state index contributed by atoms with van der Waals surface area (Å²) in [6, 6.07) is 18.8. The van der Waals surface area contributed by atoms with Gasteiger partial charge in [0.15, 0.2) is 11.5 Å². The van der Waals surface area contributed by atoms with E-state index in [1.807, 2.05) is 6.07 Å². The molecule has 0 saturated heterocycles. The molecule has 0 aromatic heterocycles. The highest BCUT2D eigenvalue weighted by Crippen LogP contribution is 2.38. The summed E-state index contributed by atoms with van der Waals surface area (Å²) in [6.45, 7) is 1.80. The number of carbonyl (C=O) groups is 2. The molecule has 0 aliphatic heterocycles. The number of nitriles is 1. The topological polar surface area (TPSA) is 88.4 Å². The molecular weight excluding hydrogens is 508 g/mol. The summed E-state index contributed by atoms with van der Waals surface area (Å²) in [5, 5.41) is 12.6. The van der Waals surface area contributed by atoms with Crippen molar-refractivity contribution in [3.63, 3.8) is 0 Å². The molecule has 0 fully saturated rings. The first-order chi connectivity index (χ1) is 15.8. The van der Waals surface area contributed by atoms with Gasteiger partial charge in [0.1, 0.15) is 11.6 Å². The molecule has 3 rings (SSSR count). The van der Waals surface area contributed by atoms with Crippen molar-refractivity contribution in [3.8, 4) is 17.6 Å². The van der Waals surface area contributed by atoms with E-state index in [0.717, 1.165) is 5.56 Å². The fourth-order valence-corrected chi connectivity index (χ4v) is 3.74. The van der Waals surface area contributed by atoms with Crippen LogP contribution in [-0.4, -0.2) is 19.0 Å². The number of ether oxygens (including phenoxy) is 2. The van der Waals surface area contributed by atoms with Gasteiger partial charge in [-0.05, 0) is 70.4 Å². The van der Waals surface area contributed by atoms with Gasteiger partial charge in [-0.1, -0.05) is 41.9 Å². The van der Waals surface area contributed by atoms with Crippen LogP contribution in [0.5, 0.6) is 11.5 Å². The maximum atomic E-state index is 12.7. The minimum absolute atomic E-state index is 0.141. The molecule has 6 nitrogen and oxygen atoms in total. The van der Waals surface area contributed by atoms with Gasteiger partial charge in [-0.15, -0.1) is 0 Å². The number of aryl methyl sites for hydroxylation is 1. The molecule has 0 aliphatic rings. The van der Waals surface area contributed by atoms with Crippen molar-refractivity contribution in [2.75, 3.05) is 12.4 Å². The molecule has 0 aliphatic carbocycles.